The number of anilines is 1. The van der Waals surface area contributed by atoms with Crippen molar-refractivity contribution in [2.45, 2.75) is 29.2 Å². The van der Waals surface area contributed by atoms with Crippen LogP contribution in [0.25, 0.3) is 0 Å². The number of methoxy groups -OCH3 is 1. The van der Waals surface area contributed by atoms with Gasteiger partial charge in [0.05, 0.1) is 7.11 Å². The zero-order chi connectivity index (χ0) is 50.3. The zero-order valence-electron chi connectivity index (χ0n) is 39.7. The number of hydrogen-bond acceptors (Lipinski definition) is 11. The molecule has 2 N–H and O–H groups in total. The molecule has 3 atom stereocenters. The number of alkyl halides is 1. The van der Waals surface area contributed by atoms with E-state index in [9.17, 15) is 9.59 Å². The first-order valence-corrected chi connectivity index (χ1v) is 26.2. The van der Waals surface area contributed by atoms with E-state index in [1.165, 1.54) is 23.1 Å². The first-order valence-electron chi connectivity index (χ1n) is 23.7. The Hall–Kier alpha value is -7.71. The largest absolute Gasteiger partial charge is 0.497 e. The molecular weight excluding hydrogens is 974 g/mol. The molecule has 0 bridgehead atoms. The Morgan fingerprint density at radius 1 is 0.712 bits per heavy atom. The van der Waals surface area contributed by atoms with E-state index in [2.05, 4.69) is 47.0 Å². The summed E-state index contributed by atoms with van der Waals surface area (Å²) in [6.45, 7) is 0.0673. The van der Waals surface area contributed by atoms with Gasteiger partial charge in [-0.05, 0) is 34.4 Å². The molecule has 7 aromatic carbocycles. The van der Waals surface area contributed by atoms with Gasteiger partial charge in [0.25, 0.3) is 5.91 Å². The predicted molar refractivity (Wildman–Crippen MR) is 288 cm³/mol. The summed E-state index contributed by atoms with van der Waals surface area (Å²) in [5.74, 6) is -0.648. The predicted octanol–water partition coefficient (Wildman–Crippen LogP) is 10.6. The monoisotopic (exact) mass is 1020 g/mol. The highest BCUT2D eigenvalue weighted by molar-refractivity contribution is 8.00. The van der Waals surface area contributed by atoms with Crippen molar-refractivity contribution < 1.29 is 28.7 Å². The molecule has 0 aliphatic carbocycles. The van der Waals surface area contributed by atoms with E-state index in [0.29, 0.717) is 10.9 Å². The zero-order valence-corrected chi connectivity index (χ0v) is 42.1. The van der Waals surface area contributed by atoms with Gasteiger partial charge in [0.2, 0.25) is 11.5 Å². The third-order valence-electron chi connectivity index (χ3n) is 13.3. The average molecular weight is 1020 g/mol. The molecule has 0 saturated carbocycles. The highest BCUT2D eigenvalue weighted by Crippen LogP contribution is 2.45. The van der Waals surface area contributed by atoms with Crippen LogP contribution in [0, 0.1) is 5.41 Å². The molecule has 8 aromatic rings. The minimum Gasteiger partial charge on any atom is -0.497 e. The number of β-lactam (4-membered cyclic amide) rings is 1. The third-order valence-corrected chi connectivity index (χ3v) is 16.2. The number of oxime groups is 1. The van der Waals surface area contributed by atoms with E-state index in [1.807, 2.05) is 158 Å². The van der Waals surface area contributed by atoms with Crippen molar-refractivity contribution in [3.8, 4) is 5.75 Å². The van der Waals surface area contributed by atoms with Crippen LogP contribution in [0.15, 0.2) is 217 Å². The normalized spacial score (nSPS) is 17.6. The lowest BCUT2D eigenvalue weighted by molar-refractivity contribution is -0.162. The number of rotatable bonds is 18. The van der Waals surface area contributed by atoms with Crippen molar-refractivity contribution in [3.63, 3.8) is 0 Å². The fourth-order valence-corrected chi connectivity index (χ4v) is 12.2. The number of thiazole rings is 1. The summed E-state index contributed by atoms with van der Waals surface area (Å²) in [5, 5.41) is 13.4. The maximum Gasteiger partial charge on any atom is 0.316 e. The average Bonchev–Trinajstić information content (AvgIpc) is 3.93. The van der Waals surface area contributed by atoms with Crippen molar-refractivity contribution in [3.05, 3.63) is 256 Å². The van der Waals surface area contributed by atoms with Crippen molar-refractivity contribution in [1.82, 2.24) is 15.2 Å². The van der Waals surface area contributed by atoms with Crippen LogP contribution in [-0.4, -0.2) is 70.1 Å². The number of nitrogens with zero attached hydrogens (tertiary/aromatic N) is 3. The Labute approximate surface area is 437 Å². The van der Waals surface area contributed by atoms with Crippen LogP contribution in [-0.2, 0) is 41.7 Å². The molecular formula is C59H50ClN5O6S2. The molecule has 3 heterocycles. The molecule has 11 nitrogen and oxygen atoms in total. The van der Waals surface area contributed by atoms with Gasteiger partial charge in [0, 0.05) is 40.2 Å². The third kappa shape index (κ3) is 9.59. The minimum absolute atomic E-state index is 0.0335. The van der Waals surface area contributed by atoms with Gasteiger partial charge in [0.15, 0.2) is 10.8 Å². The van der Waals surface area contributed by atoms with Crippen LogP contribution in [0.2, 0.25) is 0 Å². The Bertz CT molecular complexity index is 3000. The van der Waals surface area contributed by atoms with Crippen molar-refractivity contribution in [2.24, 2.45) is 10.6 Å². The number of aromatic nitrogens is 1. The van der Waals surface area contributed by atoms with Crippen LogP contribution < -0.4 is 15.4 Å². The van der Waals surface area contributed by atoms with E-state index in [0.717, 1.165) is 38.9 Å². The van der Waals surface area contributed by atoms with E-state index in [4.69, 9.17) is 36.1 Å². The van der Waals surface area contributed by atoms with Gasteiger partial charge in [-0.2, -0.15) is 0 Å². The van der Waals surface area contributed by atoms with Gasteiger partial charge in [-0.25, -0.2) is 4.98 Å². The van der Waals surface area contributed by atoms with Gasteiger partial charge in [-0.3, -0.25) is 14.4 Å². The van der Waals surface area contributed by atoms with E-state index in [-0.39, 0.29) is 42.1 Å². The van der Waals surface area contributed by atoms with E-state index < -0.39 is 39.8 Å². The Morgan fingerprint density at radius 2 is 1.19 bits per heavy atom. The van der Waals surface area contributed by atoms with E-state index >= 15 is 4.79 Å². The molecule has 2 saturated heterocycles. The molecule has 2 fully saturated rings. The van der Waals surface area contributed by atoms with Crippen LogP contribution in [0.5, 0.6) is 5.75 Å². The lowest BCUT2D eigenvalue weighted by atomic mass is 9.77. The molecule has 0 spiro atoms. The first-order chi connectivity index (χ1) is 35.8. The summed E-state index contributed by atoms with van der Waals surface area (Å²) in [7, 11) is 1.58. The van der Waals surface area contributed by atoms with Crippen LogP contribution in [0.4, 0.5) is 5.13 Å². The number of nitrogens with one attached hydrogen (secondary N) is 2. The quantitative estimate of drug-likeness (QED) is 0.0215. The fraction of sp³-hybridized carbons (Fsp3) is 0.169. The summed E-state index contributed by atoms with van der Waals surface area (Å²) in [6.07, 6.45) is 0. The number of ether oxygens (including phenoxy) is 2. The molecule has 2 amide bonds. The molecule has 14 heteroatoms. The van der Waals surface area contributed by atoms with Crippen molar-refractivity contribution in [2.75, 3.05) is 30.6 Å². The van der Waals surface area contributed by atoms with Crippen LogP contribution in [0.3, 0.4) is 0 Å². The summed E-state index contributed by atoms with van der Waals surface area (Å²) in [4.78, 5) is 56.7. The number of amides is 2. The molecule has 2 aliphatic heterocycles. The summed E-state index contributed by atoms with van der Waals surface area (Å²) < 4.78 is 11.0. The fourth-order valence-electron chi connectivity index (χ4n) is 9.50. The number of fused-ring (bicyclic) bond motifs is 1. The number of carbonyl (C=O) groups excluding carboxylic acids is 3. The summed E-state index contributed by atoms with van der Waals surface area (Å²) >= 11 is 9.22. The molecule has 2 unspecified atom stereocenters. The summed E-state index contributed by atoms with van der Waals surface area (Å²) in [5.41, 5.74) is 2.65. The van der Waals surface area contributed by atoms with Gasteiger partial charge in [-0.15, -0.1) is 34.7 Å². The molecule has 0 radical (unpaired) electrons. The SMILES string of the molecule is COc1ccc(COC(=O)C2(CCl)CS[C@@H]3C(NC(=O)C(=NOC(c4ccccc4)(c4ccccc4)c4ccccc4)c4csc(NC(c5ccccc5)(c5ccccc5)c5ccccc5)n4)C(=O)N3C2)cc1. The van der Waals surface area contributed by atoms with Gasteiger partial charge in [0.1, 0.15) is 40.4 Å². The second-order valence-corrected chi connectivity index (χ2v) is 20.0. The smallest absolute Gasteiger partial charge is 0.316 e. The highest BCUT2D eigenvalue weighted by Gasteiger charge is 2.58. The second-order valence-electron chi connectivity index (χ2n) is 17.8. The summed E-state index contributed by atoms with van der Waals surface area (Å²) in [6, 6.07) is 66.0. The topological polar surface area (TPSA) is 131 Å². The molecule has 10 rings (SSSR count). The molecule has 2 aliphatic rings. The van der Waals surface area contributed by atoms with Gasteiger partial charge in [-0.1, -0.05) is 199 Å². The van der Waals surface area contributed by atoms with E-state index in [1.54, 1.807) is 29.5 Å². The number of hydrogen-bond donors (Lipinski definition) is 2. The Kier molecular flexibility index (Phi) is 14.4. The van der Waals surface area contributed by atoms with Crippen LogP contribution >= 0.6 is 34.7 Å². The molecule has 366 valence electrons. The number of carbonyl (C=O) groups is 3. The molecule has 73 heavy (non-hydrogen) atoms. The lowest BCUT2D eigenvalue weighted by Crippen LogP contribution is -2.74. The lowest BCUT2D eigenvalue weighted by Gasteiger charge is -2.53. The number of thioether (sulfide) groups is 1. The number of benzene rings is 7. The molecule has 1 aromatic heterocycles. The maximum absolute atomic E-state index is 15.1. The van der Waals surface area contributed by atoms with Gasteiger partial charge < -0.3 is 29.8 Å². The maximum atomic E-state index is 15.1. The van der Waals surface area contributed by atoms with Crippen molar-refractivity contribution in [1.29, 1.82) is 0 Å². The Balaban J connectivity index is 1.00. The highest BCUT2D eigenvalue weighted by atomic mass is 35.5. The Morgan fingerprint density at radius 3 is 1.66 bits per heavy atom. The number of halogens is 1. The first kappa shape index (κ1) is 48.9. The second kappa shape index (κ2) is 21.6. The van der Waals surface area contributed by atoms with Crippen LogP contribution in [0.1, 0.15) is 44.6 Å². The van der Waals surface area contributed by atoms with Gasteiger partial charge >= 0.3 is 5.97 Å². The van der Waals surface area contributed by atoms with Crippen molar-refractivity contribution >= 4 is 63.3 Å². The standard InChI is InChI=1S/C59H50ClN5O6S2/c1-69-48-34-32-41(33-35-48)36-70-55(68)57(38-60)39-65-53(67)51(54(65)73-40-57)62-52(66)50(64-71-59(45-26-14-5-15-27-45,46-28-16-6-17-29-46)47-30-18-7-19-31-47)49-37-72-56(61-49)63-58(42-20-8-2-9-21-42,43-22-10-3-11-23-43)44-24-12-4-13-25-44/h2-35,37,51,54H,36,38-40H2,1H3,(H,61,63)(H,62,66)/t51?,54-,57?/m1/s1. The number of esters is 1. The minimum atomic E-state index is -1.34.